The molecule has 21 heavy (non-hydrogen) atoms. The summed E-state index contributed by atoms with van der Waals surface area (Å²) in [5.41, 5.74) is 5.83. The van der Waals surface area contributed by atoms with Gasteiger partial charge in [0.05, 0.1) is 0 Å². The van der Waals surface area contributed by atoms with Gasteiger partial charge < -0.3 is 4.42 Å². The maximum absolute atomic E-state index is 6.02. The second kappa shape index (κ2) is 5.81. The van der Waals surface area contributed by atoms with E-state index >= 15 is 0 Å². The summed E-state index contributed by atoms with van der Waals surface area (Å²) in [6.45, 7) is 2.05. The van der Waals surface area contributed by atoms with Gasteiger partial charge in [0.15, 0.2) is 0 Å². The first-order valence-electron chi connectivity index (χ1n) is 6.49. The first kappa shape index (κ1) is 14.6. The topological polar surface area (TPSA) is 51.2 Å². The lowest BCUT2D eigenvalue weighted by molar-refractivity contribution is 0.476. The zero-order valence-corrected chi connectivity index (χ0v) is 13.7. The second-order valence-electron chi connectivity index (χ2n) is 4.93. The standard InChI is InChI=1S/C16H14BrClN2O/c1-9-2-3-11(17)8-13(9)16(20-19)15-7-10-6-12(18)4-5-14(10)21-15/h2-8,16,20H,19H2,1H3. The highest BCUT2D eigenvalue weighted by Gasteiger charge is 2.19. The number of benzene rings is 2. The molecular weight excluding hydrogens is 352 g/mol. The van der Waals surface area contributed by atoms with Gasteiger partial charge in [0.1, 0.15) is 17.4 Å². The van der Waals surface area contributed by atoms with Crippen LogP contribution in [0.25, 0.3) is 11.0 Å². The summed E-state index contributed by atoms with van der Waals surface area (Å²) in [7, 11) is 0. The van der Waals surface area contributed by atoms with Gasteiger partial charge in [-0.15, -0.1) is 0 Å². The number of hydrogen-bond acceptors (Lipinski definition) is 3. The van der Waals surface area contributed by atoms with Crippen molar-refractivity contribution in [2.75, 3.05) is 0 Å². The number of hydrogen-bond donors (Lipinski definition) is 2. The average Bonchev–Trinajstić information content (AvgIpc) is 2.86. The third-order valence-electron chi connectivity index (χ3n) is 3.50. The van der Waals surface area contributed by atoms with Gasteiger partial charge in [-0.2, -0.15) is 0 Å². The van der Waals surface area contributed by atoms with E-state index in [0.717, 1.165) is 32.3 Å². The van der Waals surface area contributed by atoms with E-state index in [1.807, 2.05) is 49.4 Å². The van der Waals surface area contributed by atoms with Crippen LogP contribution < -0.4 is 11.3 Å². The Morgan fingerprint density at radius 1 is 1.19 bits per heavy atom. The predicted molar refractivity (Wildman–Crippen MR) is 89.3 cm³/mol. The lowest BCUT2D eigenvalue weighted by Gasteiger charge is -2.16. The average molecular weight is 366 g/mol. The highest BCUT2D eigenvalue weighted by atomic mass is 79.9. The number of hydrazine groups is 1. The fraction of sp³-hybridized carbons (Fsp3) is 0.125. The van der Waals surface area contributed by atoms with E-state index in [1.54, 1.807) is 0 Å². The predicted octanol–water partition coefficient (Wildman–Crippen LogP) is 4.71. The van der Waals surface area contributed by atoms with Gasteiger partial charge in [-0.3, -0.25) is 5.84 Å². The molecule has 2 aromatic carbocycles. The van der Waals surface area contributed by atoms with Crippen LogP contribution in [0.15, 0.2) is 51.4 Å². The van der Waals surface area contributed by atoms with E-state index in [4.69, 9.17) is 21.9 Å². The van der Waals surface area contributed by atoms with Crippen molar-refractivity contribution in [3.63, 3.8) is 0 Å². The molecular formula is C16H14BrClN2O. The molecule has 0 fully saturated rings. The van der Waals surface area contributed by atoms with Crippen LogP contribution in [0.3, 0.4) is 0 Å². The smallest absolute Gasteiger partial charge is 0.134 e. The molecule has 1 aromatic heterocycles. The Morgan fingerprint density at radius 3 is 2.76 bits per heavy atom. The van der Waals surface area contributed by atoms with Crippen LogP contribution in [0.1, 0.15) is 22.9 Å². The van der Waals surface area contributed by atoms with Gasteiger partial charge in [0, 0.05) is 14.9 Å². The summed E-state index contributed by atoms with van der Waals surface area (Å²) in [6, 6.07) is 13.4. The number of furan rings is 1. The molecule has 108 valence electrons. The van der Waals surface area contributed by atoms with Crippen molar-refractivity contribution in [3.05, 3.63) is 68.8 Å². The molecule has 0 radical (unpaired) electrons. The summed E-state index contributed by atoms with van der Waals surface area (Å²) in [4.78, 5) is 0. The Hall–Kier alpha value is -1.33. The molecule has 3 rings (SSSR count). The second-order valence-corrected chi connectivity index (χ2v) is 6.28. The van der Waals surface area contributed by atoms with Gasteiger partial charge in [0.25, 0.3) is 0 Å². The summed E-state index contributed by atoms with van der Waals surface area (Å²) < 4.78 is 6.91. The Labute approximate surface area is 136 Å². The van der Waals surface area contributed by atoms with Crippen molar-refractivity contribution in [1.82, 2.24) is 5.43 Å². The normalized spacial score (nSPS) is 12.8. The zero-order valence-electron chi connectivity index (χ0n) is 11.4. The number of aryl methyl sites for hydroxylation is 1. The minimum absolute atomic E-state index is 0.214. The van der Waals surface area contributed by atoms with Crippen LogP contribution in [0, 0.1) is 6.92 Å². The fourth-order valence-electron chi connectivity index (χ4n) is 2.42. The quantitative estimate of drug-likeness (QED) is 0.522. The Morgan fingerprint density at radius 2 is 2.00 bits per heavy atom. The molecule has 0 aliphatic heterocycles. The molecule has 0 aliphatic rings. The Bertz CT molecular complexity index is 800. The molecule has 0 saturated heterocycles. The van der Waals surface area contributed by atoms with Gasteiger partial charge in [-0.1, -0.05) is 33.6 Å². The fourth-order valence-corrected chi connectivity index (χ4v) is 2.98. The third kappa shape index (κ3) is 2.85. The largest absolute Gasteiger partial charge is 0.459 e. The van der Waals surface area contributed by atoms with Gasteiger partial charge in [-0.25, -0.2) is 5.43 Å². The summed E-state index contributed by atoms with van der Waals surface area (Å²) in [5, 5.41) is 1.65. The van der Waals surface area contributed by atoms with Gasteiger partial charge in [-0.05, 0) is 54.4 Å². The minimum atomic E-state index is -0.214. The van der Waals surface area contributed by atoms with Crippen molar-refractivity contribution in [2.24, 2.45) is 5.84 Å². The van der Waals surface area contributed by atoms with Crippen molar-refractivity contribution < 1.29 is 4.42 Å². The molecule has 3 aromatic rings. The van der Waals surface area contributed by atoms with Crippen LogP contribution in [0.2, 0.25) is 5.02 Å². The van der Waals surface area contributed by atoms with Crippen molar-refractivity contribution in [1.29, 1.82) is 0 Å². The molecule has 0 saturated carbocycles. The van der Waals surface area contributed by atoms with Crippen LogP contribution in [-0.2, 0) is 0 Å². The first-order valence-corrected chi connectivity index (χ1v) is 7.67. The highest BCUT2D eigenvalue weighted by Crippen LogP contribution is 2.31. The molecule has 1 atom stereocenters. The van der Waals surface area contributed by atoms with Crippen molar-refractivity contribution >= 4 is 38.5 Å². The molecule has 0 amide bonds. The Balaban J connectivity index is 2.11. The van der Waals surface area contributed by atoms with Crippen LogP contribution >= 0.6 is 27.5 Å². The maximum Gasteiger partial charge on any atom is 0.134 e. The van der Waals surface area contributed by atoms with Crippen molar-refractivity contribution in [2.45, 2.75) is 13.0 Å². The van der Waals surface area contributed by atoms with Gasteiger partial charge in [0.2, 0.25) is 0 Å². The number of fused-ring (bicyclic) bond motifs is 1. The van der Waals surface area contributed by atoms with Crippen LogP contribution in [0.5, 0.6) is 0 Å². The van der Waals surface area contributed by atoms with E-state index in [1.165, 1.54) is 0 Å². The van der Waals surface area contributed by atoms with Crippen molar-refractivity contribution in [3.8, 4) is 0 Å². The van der Waals surface area contributed by atoms with E-state index < -0.39 is 0 Å². The number of nitrogens with one attached hydrogen (secondary N) is 1. The first-order chi connectivity index (χ1) is 10.1. The SMILES string of the molecule is Cc1ccc(Br)cc1C(NN)c1cc2cc(Cl)ccc2o1. The molecule has 1 unspecified atom stereocenters. The molecule has 0 aliphatic carbocycles. The molecule has 3 N–H and O–H groups in total. The molecule has 0 spiro atoms. The Kier molecular flexibility index (Phi) is 4.04. The molecule has 0 bridgehead atoms. The zero-order chi connectivity index (χ0) is 15.0. The monoisotopic (exact) mass is 364 g/mol. The van der Waals surface area contributed by atoms with E-state index in [9.17, 15) is 0 Å². The van der Waals surface area contributed by atoms with E-state index in [-0.39, 0.29) is 6.04 Å². The summed E-state index contributed by atoms with van der Waals surface area (Å²) in [5.74, 6) is 6.52. The number of nitrogens with two attached hydrogens (primary N) is 1. The van der Waals surface area contributed by atoms with Crippen LogP contribution in [0.4, 0.5) is 0 Å². The van der Waals surface area contributed by atoms with Gasteiger partial charge >= 0.3 is 0 Å². The number of rotatable bonds is 3. The molecule has 3 nitrogen and oxygen atoms in total. The minimum Gasteiger partial charge on any atom is -0.459 e. The third-order valence-corrected chi connectivity index (χ3v) is 4.23. The van der Waals surface area contributed by atoms with E-state index in [0.29, 0.717) is 5.02 Å². The summed E-state index contributed by atoms with van der Waals surface area (Å²) in [6.07, 6.45) is 0. The summed E-state index contributed by atoms with van der Waals surface area (Å²) >= 11 is 9.51. The highest BCUT2D eigenvalue weighted by molar-refractivity contribution is 9.10. The maximum atomic E-state index is 6.02. The molecule has 1 heterocycles. The van der Waals surface area contributed by atoms with Crippen LogP contribution in [-0.4, -0.2) is 0 Å². The number of halogens is 2. The lowest BCUT2D eigenvalue weighted by Crippen LogP contribution is -2.29. The van der Waals surface area contributed by atoms with E-state index in [2.05, 4.69) is 21.4 Å². The molecule has 5 heteroatoms. The lowest BCUT2D eigenvalue weighted by atomic mass is 10.00.